The molecule has 0 bridgehead atoms. The monoisotopic (exact) mass is 464 g/mol. The molecule has 1 aromatic heterocycles. The molecule has 1 aliphatic heterocycles. The van der Waals surface area contributed by atoms with Gasteiger partial charge in [0, 0.05) is 31.0 Å². The molecule has 0 amide bonds. The average molecular weight is 465 g/mol. The van der Waals surface area contributed by atoms with Gasteiger partial charge in [0.05, 0.1) is 5.69 Å². The van der Waals surface area contributed by atoms with Gasteiger partial charge in [-0.1, -0.05) is 69.7 Å². The van der Waals surface area contributed by atoms with E-state index in [9.17, 15) is 0 Å². The van der Waals surface area contributed by atoms with E-state index >= 15 is 0 Å². The largest absolute Gasteiger partial charge is 0.314 e. The minimum Gasteiger partial charge on any atom is -0.314 e. The predicted octanol–water partition coefficient (Wildman–Crippen LogP) is 7.93. The Morgan fingerprint density at radius 3 is 2.06 bits per heavy atom. The van der Waals surface area contributed by atoms with Gasteiger partial charge in [0.15, 0.2) is 0 Å². The van der Waals surface area contributed by atoms with Gasteiger partial charge < -0.3 is 4.57 Å². The molecule has 0 unspecified atom stereocenters. The molecule has 0 spiro atoms. The lowest BCUT2D eigenvalue weighted by molar-refractivity contribution is 0.281. The van der Waals surface area contributed by atoms with E-state index in [-0.39, 0.29) is 5.41 Å². The van der Waals surface area contributed by atoms with E-state index in [1.807, 2.05) is 12.1 Å². The number of benzene rings is 2. The second-order valence-electron chi connectivity index (χ2n) is 11.2. The van der Waals surface area contributed by atoms with Crippen molar-refractivity contribution in [1.82, 2.24) is 9.47 Å². The minimum absolute atomic E-state index is 0.156. The zero-order valence-electron chi connectivity index (χ0n) is 20.5. The summed E-state index contributed by atoms with van der Waals surface area (Å²) in [6, 6.07) is 22.6. The molecule has 1 saturated heterocycles. The van der Waals surface area contributed by atoms with Crippen LogP contribution in [0.3, 0.4) is 0 Å². The van der Waals surface area contributed by atoms with Gasteiger partial charge in [0.2, 0.25) is 0 Å². The standard InChI is InChI=1S/C28H37ClN2Si/c1-21-23(20-30-15-17-32(5,6)18-16-30)19-27(31(21)26-13-11-25(29)12-14-26)22-7-9-24(10-8-22)28(2,3)4/h7-14,19H,15-18,20H2,1-6H3. The van der Waals surface area contributed by atoms with Gasteiger partial charge in [-0.05, 0) is 84.5 Å². The Kier molecular flexibility index (Phi) is 6.46. The fourth-order valence-corrected chi connectivity index (χ4v) is 6.87. The molecule has 0 aliphatic carbocycles. The highest BCUT2D eigenvalue weighted by Gasteiger charge is 2.28. The van der Waals surface area contributed by atoms with Gasteiger partial charge in [-0.3, -0.25) is 4.90 Å². The van der Waals surface area contributed by atoms with Crippen LogP contribution in [0.25, 0.3) is 16.9 Å². The molecule has 0 atom stereocenters. The molecule has 1 fully saturated rings. The van der Waals surface area contributed by atoms with Gasteiger partial charge >= 0.3 is 0 Å². The minimum atomic E-state index is -0.960. The van der Waals surface area contributed by atoms with Crippen molar-refractivity contribution in [2.45, 2.75) is 64.8 Å². The Morgan fingerprint density at radius 1 is 0.906 bits per heavy atom. The van der Waals surface area contributed by atoms with Gasteiger partial charge in [0.1, 0.15) is 0 Å². The van der Waals surface area contributed by atoms with Crippen LogP contribution in [-0.2, 0) is 12.0 Å². The molecule has 170 valence electrons. The van der Waals surface area contributed by atoms with Crippen molar-refractivity contribution in [3.63, 3.8) is 0 Å². The molecule has 0 radical (unpaired) electrons. The molecule has 2 heterocycles. The number of rotatable bonds is 4. The Bertz CT molecular complexity index is 1060. The number of hydrogen-bond donors (Lipinski definition) is 0. The third-order valence-corrected chi connectivity index (χ3v) is 10.5. The van der Waals surface area contributed by atoms with Crippen molar-refractivity contribution in [2.75, 3.05) is 13.1 Å². The quantitative estimate of drug-likeness (QED) is 0.356. The molecule has 0 N–H and O–H groups in total. The lowest BCUT2D eigenvalue weighted by Gasteiger charge is -2.35. The van der Waals surface area contributed by atoms with E-state index in [2.05, 4.69) is 92.7 Å². The average Bonchev–Trinajstić information content (AvgIpc) is 3.06. The third kappa shape index (κ3) is 5.06. The van der Waals surface area contributed by atoms with Crippen LogP contribution in [0.1, 0.15) is 37.6 Å². The third-order valence-electron chi connectivity index (χ3n) is 7.09. The summed E-state index contributed by atoms with van der Waals surface area (Å²) in [6.07, 6.45) is 0. The first-order valence-electron chi connectivity index (χ1n) is 11.8. The van der Waals surface area contributed by atoms with E-state index in [1.54, 1.807) is 0 Å². The van der Waals surface area contributed by atoms with Crippen molar-refractivity contribution in [3.05, 3.63) is 76.4 Å². The van der Waals surface area contributed by atoms with Crippen LogP contribution in [0, 0.1) is 6.92 Å². The first-order chi connectivity index (χ1) is 15.0. The maximum atomic E-state index is 6.20. The fraction of sp³-hybridized carbons (Fsp3) is 0.429. The van der Waals surface area contributed by atoms with E-state index in [4.69, 9.17) is 11.6 Å². The second-order valence-corrected chi connectivity index (χ2v) is 17.0. The highest BCUT2D eigenvalue weighted by atomic mass is 35.5. The molecule has 4 heteroatoms. The lowest BCUT2D eigenvalue weighted by Crippen LogP contribution is -2.42. The summed E-state index contributed by atoms with van der Waals surface area (Å²) in [6.45, 7) is 17.6. The van der Waals surface area contributed by atoms with Gasteiger partial charge in [-0.15, -0.1) is 0 Å². The van der Waals surface area contributed by atoms with E-state index < -0.39 is 8.07 Å². The molecule has 0 saturated carbocycles. The summed E-state index contributed by atoms with van der Waals surface area (Å²) in [7, 11) is -0.960. The summed E-state index contributed by atoms with van der Waals surface area (Å²) in [5.74, 6) is 0. The van der Waals surface area contributed by atoms with Crippen LogP contribution >= 0.6 is 11.6 Å². The van der Waals surface area contributed by atoms with Gasteiger partial charge in [-0.25, -0.2) is 0 Å². The smallest absolute Gasteiger partial charge is 0.0534 e. The van der Waals surface area contributed by atoms with Gasteiger partial charge in [-0.2, -0.15) is 0 Å². The highest BCUT2D eigenvalue weighted by Crippen LogP contribution is 2.33. The lowest BCUT2D eigenvalue weighted by atomic mass is 9.86. The summed E-state index contributed by atoms with van der Waals surface area (Å²) in [5.41, 5.74) is 7.95. The molecule has 3 aromatic rings. The van der Waals surface area contributed by atoms with Crippen LogP contribution < -0.4 is 0 Å². The van der Waals surface area contributed by atoms with Gasteiger partial charge in [0.25, 0.3) is 0 Å². The molecular formula is C28H37ClN2Si. The molecule has 1 aliphatic rings. The maximum Gasteiger partial charge on any atom is 0.0534 e. The summed E-state index contributed by atoms with van der Waals surface area (Å²) < 4.78 is 2.40. The number of nitrogens with zero attached hydrogens (tertiary/aromatic N) is 2. The Balaban J connectivity index is 1.73. The fourth-order valence-electron chi connectivity index (χ4n) is 4.65. The van der Waals surface area contributed by atoms with E-state index in [0.29, 0.717) is 0 Å². The van der Waals surface area contributed by atoms with Crippen molar-refractivity contribution in [1.29, 1.82) is 0 Å². The molecule has 32 heavy (non-hydrogen) atoms. The van der Waals surface area contributed by atoms with Crippen LogP contribution in [0.5, 0.6) is 0 Å². The highest BCUT2D eigenvalue weighted by molar-refractivity contribution is 6.77. The zero-order chi connectivity index (χ0) is 23.1. The molecule has 4 rings (SSSR count). The maximum absolute atomic E-state index is 6.20. The van der Waals surface area contributed by atoms with Crippen LogP contribution in [0.15, 0.2) is 54.6 Å². The summed E-state index contributed by atoms with van der Waals surface area (Å²) in [5, 5.41) is 0.773. The van der Waals surface area contributed by atoms with Crippen LogP contribution in [-0.4, -0.2) is 30.6 Å². The Hall–Kier alpha value is -1.81. The Labute approximate surface area is 200 Å². The predicted molar refractivity (Wildman–Crippen MR) is 142 cm³/mol. The molecular weight excluding hydrogens is 428 g/mol. The first-order valence-corrected chi connectivity index (χ1v) is 15.6. The number of aromatic nitrogens is 1. The van der Waals surface area contributed by atoms with E-state index in [1.165, 1.54) is 58.9 Å². The summed E-state index contributed by atoms with van der Waals surface area (Å²) in [4.78, 5) is 2.65. The summed E-state index contributed by atoms with van der Waals surface area (Å²) >= 11 is 6.20. The van der Waals surface area contributed by atoms with Crippen molar-refractivity contribution < 1.29 is 0 Å². The van der Waals surface area contributed by atoms with Crippen molar-refractivity contribution in [3.8, 4) is 16.9 Å². The molecule has 2 nitrogen and oxygen atoms in total. The normalized spacial score (nSPS) is 17.0. The number of hydrogen-bond acceptors (Lipinski definition) is 1. The SMILES string of the molecule is Cc1c(CN2CC[Si](C)(C)CC2)cc(-c2ccc(C(C)(C)C)cc2)n1-c1ccc(Cl)cc1. The van der Waals surface area contributed by atoms with Crippen LogP contribution in [0.2, 0.25) is 30.2 Å². The van der Waals surface area contributed by atoms with Crippen molar-refractivity contribution >= 4 is 19.7 Å². The van der Waals surface area contributed by atoms with Crippen LogP contribution in [0.4, 0.5) is 0 Å². The first kappa shape index (κ1) is 23.3. The zero-order valence-corrected chi connectivity index (χ0v) is 22.3. The Morgan fingerprint density at radius 2 is 1.50 bits per heavy atom. The number of halogens is 1. The second kappa shape index (κ2) is 8.85. The topological polar surface area (TPSA) is 8.17 Å². The van der Waals surface area contributed by atoms with Crippen molar-refractivity contribution in [2.24, 2.45) is 0 Å². The van der Waals surface area contributed by atoms with E-state index in [0.717, 1.165) is 11.6 Å². The molecule has 2 aromatic carbocycles.